The molecule has 0 saturated carbocycles. The Bertz CT molecular complexity index is 1120. The maximum absolute atomic E-state index is 12.2. The van der Waals surface area contributed by atoms with E-state index in [2.05, 4.69) is 73.8 Å². The van der Waals surface area contributed by atoms with Crippen LogP contribution in [-0.2, 0) is 32.7 Å². The minimum atomic E-state index is -4.77. The number of nitrogens with one attached hydrogen (secondary N) is 1. The van der Waals surface area contributed by atoms with Gasteiger partial charge in [-0.1, -0.05) is 113 Å². The van der Waals surface area contributed by atoms with Crippen LogP contribution < -0.4 is 5.32 Å². The number of carbonyl (C=O) groups is 3. The van der Waals surface area contributed by atoms with Crippen molar-refractivity contribution >= 4 is 25.7 Å². The minimum absolute atomic E-state index is 0.0900. The maximum Gasteiger partial charge on any atom is 0.472 e. The molecule has 52 heavy (non-hydrogen) atoms. The molecule has 0 bridgehead atoms. The number of allylic oxidation sites excluding steroid dienone is 10. The molecule has 4 N–H and O–H groups in total. The zero-order chi connectivity index (χ0) is 38.5. The van der Waals surface area contributed by atoms with Gasteiger partial charge in [0.15, 0.2) is 6.04 Å². The zero-order valence-corrected chi connectivity index (χ0v) is 32.7. The molecule has 0 aromatic rings. The molecule has 298 valence electrons. The van der Waals surface area contributed by atoms with E-state index in [-0.39, 0.29) is 12.8 Å². The Morgan fingerprint density at radius 3 is 1.71 bits per heavy atom. The molecule has 1 amide bonds. The molecule has 3 atom stereocenters. The van der Waals surface area contributed by atoms with Gasteiger partial charge in [-0.3, -0.25) is 18.6 Å². The molecule has 0 aliphatic rings. The average molecular weight is 754 g/mol. The number of carboxylic acid groups (broad SMARTS) is 1. The molecule has 0 aliphatic heterocycles. The monoisotopic (exact) mass is 753 g/mol. The smallest absolute Gasteiger partial charge is 0.472 e. The van der Waals surface area contributed by atoms with Gasteiger partial charge >= 0.3 is 19.8 Å². The second kappa shape index (κ2) is 35.2. The second-order valence-electron chi connectivity index (χ2n) is 12.7. The summed E-state index contributed by atoms with van der Waals surface area (Å²) in [5.74, 6) is -2.45. The van der Waals surface area contributed by atoms with Gasteiger partial charge in [0.1, 0.15) is 12.7 Å². The number of unbranched alkanes of at least 4 members (excludes halogenated alkanes) is 11. The predicted molar refractivity (Wildman–Crippen MR) is 208 cm³/mol. The fourth-order valence-corrected chi connectivity index (χ4v) is 5.54. The topological polar surface area (TPSA) is 169 Å². The summed E-state index contributed by atoms with van der Waals surface area (Å²) < 4.78 is 26.7. The Balaban J connectivity index is 4.05. The van der Waals surface area contributed by atoms with E-state index in [1.165, 1.54) is 25.7 Å². The SMILES string of the molecule is CC/C=C\C/C=C\C/C=C\C/C=C\CCCCC(=O)NC(COP(=O)(O)OCC(O)COC(=O)CCCCCCC/C=C\CCCCCC)C(=O)O. The summed E-state index contributed by atoms with van der Waals surface area (Å²) in [6.45, 7) is 2.39. The molecule has 0 fully saturated rings. The third-order valence-corrected chi connectivity index (χ3v) is 8.74. The molecule has 11 nitrogen and oxygen atoms in total. The van der Waals surface area contributed by atoms with Gasteiger partial charge in [-0.2, -0.15) is 0 Å². The van der Waals surface area contributed by atoms with Crippen LogP contribution in [0.3, 0.4) is 0 Å². The first kappa shape index (κ1) is 49.2. The predicted octanol–water partition coefficient (Wildman–Crippen LogP) is 9.22. The highest BCUT2D eigenvalue weighted by Crippen LogP contribution is 2.43. The number of amides is 1. The van der Waals surface area contributed by atoms with E-state index in [0.29, 0.717) is 12.8 Å². The largest absolute Gasteiger partial charge is 0.480 e. The van der Waals surface area contributed by atoms with E-state index in [1.54, 1.807) is 0 Å². The van der Waals surface area contributed by atoms with Crippen molar-refractivity contribution in [1.82, 2.24) is 5.32 Å². The third-order valence-electron chi connectivity index (χ3n) is 7.79. The maximum atomic E-state index is 12.2. The first-order valence-electron chi connectivity index (χ1n) is 19.3. The lowest BCUT2D eigenvalue weighted by atomic mass is 10.1. The van der Waals surface area contributed by atoms with E-state index in [4.69, 9.17) is 13.8 Å². The average Bonchev–Trinajstić information content (AvgIpc) is 3.11. The number of aliphatic carboxylic acids is 1. The minimum Gasteiger partial charge on any atom is -0.480 e. The molecule has 12 heteroatoms. The molecule has 0 spiro atoms. The number of esters is 1. The molecular weight excluding hydrogens is 685 g/mol. The molecular formula is C40H68NO10P. The molecule has 0 saturated heterocycles. The van der Waals surface area contributed by atoms with E-state index >= 15 is 0 Å². The zero-order valence-electron chi connectivity index (χ0n) is 31.8. The van der Waals surface area contributed by atoms with Crippen LogP contribution in [0.15, 0.2) is 60.8 Å². The summed E-state index contributed by atoms with van der Waals surface area (Å²) in [5, 5.41) is 21.7. The first-order valence-corrected chi connectivity index (χ1v) is 20.8. The third kappa shape index (κ3) is 34.3. The number of ether oxygens (including phenoxy) is 1. The van der Waals surface area contributed by atoms with Crippen LogP contribution in [0.1, 0.15) is 142 Å². The van der Waals surface area contributed by atoms with Crippen molar-refractivity contribution in [2.45, 2.75) is 154 Å². The first-order chi connectivity index (χ1) is 25.1. The van der Waals surface area contributed by atoms with Crippen molar-refractivity contribution in [3.05, 3.63) is 60.8 Å². The van der Waals surface area contributed by atoms with Crippen LogP contribution in [-0.4, -0.2) is 64.9 Å². The van der Waals surface area contributed by atoms with Gasteiger partial charge in [0, 0.05) is 12.8 Å². The Kier molecular flexibility index (Phi) is 33.3. The van der Waals surface area contributed by atoms with Gasteiger partial charge in [0.25, 0.3) is 0 Å². The number of hydrogen-bond acceptors (Lipinski definition) is 8. The van der Waals surface area contributed by atoms with Crippen molar-refractivity contribution in [2.75, 3.05) is 19.8 Å². The van der Waals surface area contributed by atoms with Crippen LogP contribution in [0.25, 0.3) is 0 Å². The fourth-order valence-electron chi connectivity index (χ4n) is 4.77. The second-order valence-corrected chi connectivity index (χ2v) is 14.2. The number of carboxylic acids is 1. The van der Waals surface area contributed by atoms with Crippen LogP contribution in [0.4, 0.5) is 0 Å². The van der Waals surface area contributed by atoms with Crippen LogP contribution in [0.2, 0.25) is 0 Å². The van der Waals surface area contributed by atoms with Crippen molar-refractivity contribution < 1.29 is 47.8 Å². The normalized spacial score (nSPS) is 14.5. The van der Waals surface area contributed by atoms with Gasteiger partial charge < -0.3 is 25.2 Å². The number of aliphatic hydroxyl groups excluding tert-OH is 1. The number of phosphoric ester groups is 1. The summed E-state index contributed by atoms with van der Waals surface area (Å²) >= 11 is 0. The van der Waals surface area contributed by atoms with Crippen molar-refractivity contribution in [2.24, 2.45) is 0 Å². The summed E-state index contributed by atoms with van der Waals surface area (Å²) in [7, 11) is -4.77. The summed E-state index contributed by atoms with van der Waals surface area (Å²) in [5.41, 5.74) is 0. The van der Waals surface area contributed by atoms with Crippen LogP contribution in [0, 0.1) is 0 Å². The van der Waals surface area contributed by atoms with Crippen LogP contribution >= 0.6 is 7.82 Å². The van der Waals surface area contributed by atoms with Crippen molar-refractivity contribution in [3.8, 4) is 0 Å². The molecule has 0 aromatic carbocycles. The van der Waals surface area contributed by atoms with Gasteiger partial charge in [-0.25, -0.2) is 9.36 Å². The number of rotatable bonds is 35. The van der Waals surface area contributed by atoms with Gasteiger partial charge in [0.2, 0.25) is 5.91 Å². The standard InChI is InChI=1S/C40H68NO10P/c1-3-5-7-9-11-13-15-17-18-20-21-23-25-27-29-31-38(43)41-37(40(45)46)35-51-52(47,48)50-34-36(42)33-49-39(44)32-30-28-26-24-22-19-16-14-12-10-8-6-4-2/h5,7,11,13-14,16-18,21,23,36-37,42H,3-4,6,8-10,12,15,19-20,22,24-35H2,1-2H3,(H,41,43)(H,45,46)(H,47,48)/b7-5-,13-11-,16-14-,18-17-,23-21-. The molecule has 0 aromatic heterocycles. The lowest BCUT2D eigenvalue weighted by Gasteiger charge is -2.18. The van der Waals surface area contributed by atoms with Gasteiger partial charge in [-0.05, 0) is 77.0 Å². The summed E-state index contributed by atoms with van der Waals surface area (Å²) in [6.07, 6.45) is 38.3. The van der Waals surface area contributed by atoms with Crippen LogP contribution in [0.5, 0.6) is 0 Å². The molecule has 0 heterocycles. The molecule has 0 radical (unpaired) electrons. The van der Waals surface area contributed by atoms with Crippen molar-refractivity contribution in [1.29, 1.82) is 0 Å². The fraction of sp³-hybridized carbons (Fsp3) is 0.675. The number of aliphatic hydroxyl groups is 1. The Morgan fingerprint density at radius 2 is 1.12 bits per heavy atom. The number of phosphoric acid groups is 1. The highest BCUT2D eigenvalue weighted by Gasteiger charge is 2.28. The van der Waals surface area contributed by atoms with E-state index in [0.717, 1.165) is 77.0 Å². The van der Waals surface area contributed by atoms with E-state index < -0.39 is 57.6 Å². The Labute approximate surface area is 313 Å². The quantitative estimate of drug-likeness (QED) is 0.0212. The highest BCUT2D eigenvalue weighted by molar-refractivity contribution is 7.47. The molecule has 0 rings (SSSR count). The summed E-state index contributed by atoms with van der Waals surface area (Å²) in [6, 6.07) is -1.57. The lowest BCUT2D eigenvalue weighted by Crippen LogP contribution is -2.43. The lowest BCUT2D eigenvalue weighted by molar-refractivity contribution is -0.147. The molecule has 0 aliphatic carbocycles. The Hall–Kier alpha value is -2.82. The van der Waals surface area contributed by atoms with Gasteiger partial charge in [0.05, 0.1) is 13.2 Å². The van der Waals surface area contributed by atoms with Crippen molar-refractivity contribution in [3.63, 3.8) is 0 Å². The van der Waals surface area contributed by atoms with E-state index in [9.17, 15) is 34.1 Å². The summed E-state index contributed by atoms with van der Waals surface area (Å²) in [4.78, 5) is 45.7. The highest BCUT2D eigenvalue weighted by atomic mass is 31.2. The molecule has 3 unspecified atom stereocenters. The Morgan fingerprint density at radius 1 is 0.635 bits per heavy atom. The van der Waals surface area contributed by atoms with E-state index in [1.807, 2.05) is 6.08 Å². The number of carbonyl (C=O) groups excluding carboxylic acids is 2. The number of hydrogen-bond donors (Lipinski definition) is 4. The van der Waals surface area contributed by atoms with Gasteiger partial charge in [-0.15, -0.1) is 0 Å².